The highest BCUT2D eigenvalue weighted by Crippen LogP contribution is 2.64. The van der Waals surface area contributed by atoms with Crippen LogP contribution in [0, 0.1) is 27.7 Å². The Bertz CT molecular complexity index is 6970. The molecule has 11 unspecified atom stereocenters. The minimum Gasteiger partial charge on any atom is -0.393 e. The molecule has 0 spiro atoms. The molecule has 744 valence electrons. The Kier molecular flexibility index (Phi) is 28.0. The van der Waals surface area contributed by atoms with Crippen molar-refractivity contribution in [2.75, 3.05) is 58.2 Å². The molecule has 0 aromatic carbocycles. The number of aliphatic hydroxyl groups excluding tert-OH is 3. The number of aliphatic hydroxyl groups is 3. The maximum atomic E-state index is 13.9. The first-order valence-corrected chi connectivity index (χ1v) is 56.1. The highest BCUT2D eigenvalue weighted by molar-refractivity contribution is 8.08. The van der Waals surface area contributed by atoms with Gasteiger partial charge in [0.15, 0.2) is 53.8 Å². The van der Waals surface area contributed by atoms with Crippen molar-refractivity contribution in [2.45, 2.75) is 213 Å². The van der Waals surface area contributed by atoms with Gasteiger partial charge in [-0.05, 0) is 119 Å². The summed E-state index contributed by atoms with van der Waals surface area (Å²) in [5.41, 5.74) is -2.46. The molecule has 9 aliphatic heterocycles. The first-order valence-electron chi connectivity index (χ1n) is 40.5. The van der Waals surface area contributed by atoms with Crippen molar-refractivity contribution < 1.29 is 142 Å². The third-order valence-electron chi connectivity index (χ3n) is 24.4. The van der Waals surface area contributed by atoms with E-state index < -0.39 is 295 Å². The number of imidazole rings is 2. The summed E-state index contributed by atoms with van der Waals surface area (Å²) in [6, 6.07) is 0. The summed E-state index contributed by atoms with van der Waals surface area (Å²) in [5, 5.41) is 34.9. The number of nitrogens with two attached hydrogens (primary N) is 2. The van der Waals surface area contributed by atoms with E-state index in [0.717, 1.165) is 56.6 Å². The molecule has 18 N–H and O–H groups in total. The van der Waals surface area contributed by atoms with Gasteiger partial charge in [-0.3, -0.25) is 98.9 Å². The molecule has 9 aliphatic rings. The van der Waals surface area contributed by atoms with Crippen LogP contribution in [0.1, 0.15) is 86.8 Å². The predicted octanol–water partition coefficient (Wildman–Crippen LogP) is -4.14. The summed E-state index contributed by atoms with van der Waals surface area (Å²) in [4.78, 5) is 222. The Morgan fingerprint density at radius 2 is 0.816 bits per heavy atom. The number of fused-ring (bicyclic) bond motifs is 8. The Labute approximate surface area is 790 Å². The summed E-state index contributed by atoms with van der Waals surface area (Å²) in [7, 11) is 1.03. The van der Waals surface area contributed by atoms with Gasteiger partial charge < -0.3 is 130 Å². The van der Waals surface area contributed by atoms with E-state index in [1.54, 1.807) is 0 Å². The summed E-state index contributed by atoms with van der Waals surface area (Å²) in [5.74, 6) is -0.407. The van der Waals surface area contributed by atoms with Crippen molar-refractivity contribution in [3.63, 3.8) is 0 Å². The monoisotopic (exact) mass is 2140 g/mol. The molecular weight excluding hydrogens is 2060 g/mol. The molecule has 9 saturated heterocycles. The molecule has 57 nitrogen and oxygen atoms in total. The molecule has 8 aromatic heterocycles. The molecule has 136 heavy (non-hydrogen) atoms. The van der Waals surface area contributed by atoms with Crippen LogP contribution in [0.2, 0.25) is 0 Å². The fourth-order valence-electron chi connectivity index (χ4n) is 17.5. The summed E-state index contributed by atoms with van der Waals surface area (Å²) >= 11 is 33.5. The van der Waals surface area contributed by atoms with Crippen LogP contribution >= 0.6 is 40.3 Å². The van der Waals surface area contributed by atoms with Crippen LogP contribution in [-0.4, -0.2) is 289 Å². The molecule has 0 saturated carbocycles. The van der Waals surface area contributed by atoms with Gasteiger partial charge in [0.25, 0.3) is 27.8 Å². The van der Waals surface area contributed by atoms with Crippen molar-refractivity contribution in [1.82, 2.24) is 77.2 Å². The van der Waals surface area contributed by atoms with Crippen molar-refractivity contribution in [3.05, 3.63) is 160 Å². The lowest BCUT2D eigenvalue weighted by Gasteiger charge is -2.38. The number of hydrogen-bond acceptors (Lipinski definition) is 46. The number of anilines is 2. The summed E-state index contributed by atoms with van der Waals surface area (Å²) in [6.45, 7) is -24.3. The maximum absolute atomic E-state index is 13.9. The van der Waals surface area contributed by atoms with Crippen molar-refractivity contribution in [3.8, 4) is 0 Å². The van der Waals surface area contributed by atoms with Gasteiger partial charge in [0.2, 0.25) is 5.95 Å². The molecule has 69 heteroatoms. The third-order valence-corrected chi connectivity index (χ3v) is 33.8. The number of aromatic nitrogens is 16. The first kappa shape index (κ1) is 101. The topological polar surface area (TPSA) is 755 Å². The second-order valence-electron chi connectivity index (χ2n) is 32.8. The average Bonchev–Trinajstić information content (AvgIpc) is 1.55. The van der Waals surface area contributed by atoms with E-state index in [-0.39, 0.29) is 56.3 Å². The fourth-order valence-corrected chi connectivity index (χ4v) is 25.7. The zero-order chi connectivity index (χ0) is 98.0. The lowest BCUT2D eigenvalue weighted by molar-refractivity contribution is -0.219. The summed E-state index contributed by atoms with van der Waals surface area (Å²) < 4.78 is 135. The number of hydrogen-bond donors (Lipinski definition) is 16. The van der Waals surface area contributed by atoms with Gasteiger partial charge in [0.05, 0.1) is 76.7 Å². The number of nitrogens with zero attached hydrogens (tertiary/aromatic N) is 11. The smallest absolute Gasteiger partial charge is 0.330 e. The van der Waals surface area contributed by atoms with E-state index in [2.05, 4.69) is 49.8 Å². The minimum absolute atomic E-state index is 0.000487. The zero-order valence-corrected chi connectivity index (χ0v) is 81.5. The molecule has 0 aliphatic carbocycles. The molecule has 9 fully saturated rings. The standard InChI is InChI=1S/C67H86N18O39P6S6/c1-23-10-80(61(94)76-50(23)89)55-37(87)40(121-127(100,133)107-16-32-39(120-125(98,131)104-8)38(88)56(115-32)85-22-72-35-47(68)70-20-71-48(35)85)33(114-55)15-106-126(99,132)119-30-9-34(84-21-73-36-49(84)74-60(69)75-54(36)93)113-31(30)14-105-128(101,134)123-45-42-58(82-12-25(3)52(91)78-63(82)96)117-66(45,28(6)111-42)18-109-130(103,136)124-46-43-59(83-13-26(4)53(92)79-64(83)97)118-67(46,29(7)112-43)19-108-129(102,135)122-44-41-57(116-65(44,17-86)27(5)110-41)81-11-24(2)51(90)77-62(81)95/h10-13,20-22,27-34,37-46,55-59,86-88H,9,14-19H2,1-8H3,(H,98,131)(H,99,132)(H,100,133)(H,101,134)(H,102,135)(H,103,136)(H2,68,70,71)(H,76,89,94)(H,77,90,95)(H,78,91,96)(H,79,92,97)(H3,69,74,75,93)/t27-,28-,29-,30+,31+,32+,33+,34+,37?,38?,39-,40-,41?,42?,43?,44+,45+,46+,55+,56+,57+,58+,59+,65-,66-,67-,125?,126?,127?,128?,129?,130?/m0/s1. The number of aromatic amines is 5. The van der Waals surface area contributed by atoms with E-state index in [9.17, 15) is 87.8 Å². The average molecular weight is 2150 g/mol. The first-order chi connectivity index (χ1) is 63.8. The molecule has 32 atom stereocenters. The molecule has 0 amide bonds. The SMILES string of the molecule is COP(O)(=S)O[C@@H]1C(O)[C@H](n2cnc3c(N)ncnc32)O[C@@H]1COP(O)(=S)O[C@@H]1C(O)[C@H](n2cc(C)c(=O)[nH]c2=O)O[C@@H]1COP(O)(=S)O[C@@H]1C[C@H](n2cnc3c(=O)[nH]c(N)nc32)O[C@@H]1COP(O)(=S)O[C@@H]1C2O[C@@H](C)[C@]1(COP(O)(=S)O[C@@H]1C3O[C@@H](C)[C@]1(COP(O)(=S)O[C@@H]1C4O[C@@H](C)[C@]1(CO)O[C@H]4n1cc(C)c(=O)[nH]c1=O)O[C@H]3n1cc(C)c(=O)[nH]c1=O)O[C@H]2n1cc(C)c(=O)[nH]c1=O. The predicted molar refractivity (Wildman–Crippen MR) is 479 cm³/mol. The van der Waals surface area contributed by atoms with Crippen molar-refractivity contribution >= 4 is 145 Å². The van der Waals surface area contributed by atoms with Crippen LogP contribution in [0.4, 0.5) is 11.8 Å². The molecule has 17 rings (SSSR count). The Balaban J connectivity index is 0.625. The van der Waals surface area contributed by atoms with Crippen molar-refractivity contribution in [1.29, 1.82) is 0 Å². The molecule has 6 bridgehead atoms. The summed E-state index contributed by atoms with van der Waals surface area (Å²) in [6.07, 6.45) is -28.7. The van der Waals surface area contributed by atoms with Gasteiger partial charge in [-0.25, -0.2) is 39.1 Å². The third kappa shape index (κ3) is 19.0. The van der Waals surface area contributed by atoms with Gasteiger partial charge in [0, 0.05) is 60.6 Å². The lowest BCUT2D eigenvalue weighted by atomic mass is 9.94. The molecule has 17 heterocycles. The van der Waals surface area contributed by atoms with Crippen molar-refractivity contribution in [2.24, 2.45) is 0 Å². The van der Waals surface area contributed by atoms with Crippen LogP contribution < -0.4 is 62.0 Å². The maximum Gasteiger partial charge on any atom is 0.330 e. The molecular formula is C67H86N18O39P6S6. The second-order valence-corrected chi connectivity index (χ2v) is 49.7. The van der Waals surface area contributed by atoms with Crippen LogP contribution in [0.3, 0.4) is 0 Å². The van der Waals surface area contributed by atoms with Crippen LogP contribution in [0.15, 0.2) is 86.9 Å². The van der Waals surface area contributed by atoms with Gasteiger partial charge >= 0.3 is 63.1 Å². The minimum atomic E-state index is -5.01. The lowest BCUT2D eigenvalue weighted by Crippen LogP contribution is -2.52. The van der Waals surface area contributed by atoms with E-state index >= 15 is 0 Å². The highest BCUT2D eigenvalue weighted by atomic mass is 32.5. The van der Waals surface area contributed by atoms with Gasteiger partial charge in [-0.1, -0.05) is 0 Å². The van der Waals surface area contributed by atoms with Gasteiger partial charge in [-0.15, -0.1) is 0 Å². The largest absolute Gasteiger partial charge is 0.393 e. The second kappa shape index (κ2) is 37.6. The van der Waals surface area contributed by atoms with E-state index in [4.69, 9.17) is 179 Å². The van der Waals surface area contributed by atoms with Crippen LogP contribution in [-0.2, 0) is 168 Å². The number of ether oxygens (including phenoxy) is 9. The molecule has 8 aromatic rings. The molecule has 0 radical (unpaired) electrons. The Hall–Kier alpha value is -6.08. The Morgan fingerprint density at radius 1 is 0.441 bits per heavy atom. The van der Waals surface area contributed by atoms with Crippen LogP contribution in [0.25, 0.3) is 22.3 Å². The fraction of sp³-hybridized carbons (Fsp3) is 0.612. The number of rotatable bonds is 35. The van der Waals surface area contributed by atoms with Crippen LogP contribution in [0.5, 0.6) is 0 Å². The number of nitrogens with one attached hydrogen (secondary N) is 5. The number of aryl methyl sites for hydroxylation is 4. The highest BCUT2D eigenvalue weighted by Gasteiger charge is 2.73. The number of H-pyrrole nitrogens is 5. The normalized spacial score (nSPS) is 35.0. The van der Waals surface area contributed by atoms with Gasteiger partial charge in [-0.2, -0.15) is 4.98 Å². The van der Waals surface area contributed by atoms with Gasteiger partial charge in [0.1, 0.15) is 114 Å². The Morgan fingerprint density at radius 3 is 1.26 bits per heavy atom. The van der Waals surface area contributed by atoms with E-state index in [0.29, 0.717) is 0 Å². The van der Waals surface area contributed by atoms with E-state index in [1.807, 2.05) is 0 Å². The number of nitrogen functional groups attached to an aromatic ring is 2. The quantitative estimate of drug-likeness (QED) is 0.0168. The zero-order valence-electron chi connectivity index (χ0n) is 71.2. The van der Waals surface area contributed by atoms with E-state index in [1.165, 1.54) is 70.1 Å².